The number of aromatic nitrogens is 1. The summed E-state index contributed by atoms with van der Waals surface area (Å²) in [6, 6.07) is 3.48. The molecule has 0 atom stereocenters. The zero-order chi connectivity index (χ0) is 12.9. The van der Waals surface area contributed by atoms with E-state index in [1.807, 2.05) is 6.07 Å². The van der Waals surface area contributed by atoms with Gasteiger partial charge in [-0.3, -0.25) is 0 Å². The van der Waals surface area contributed by atoms with E-state index in [4.69, 9.17) is 16.3 Å². The van der Waals surface area contributed by atoms with Crippen LogP contribution in [0.3, 0.4) is 0 Å². The Morgan fingerprint density at radius 3 is 2.83 bits per heavy atom. The number of hydrogen-bond donors (Lipinski definition) is 0. The summed E-state index contributed by atoms with van der Waals surface area (Å²) in [5.41, 5.74) is 1.36. The van der Waals surface area contributed by atoms with Gasteiger partial charge in [0.15, 0.2) is 0 Å². The van der Waals surface area contributed by atoms with E-state index in [-0.39, 0.29) is 11.4 Å². The molecular formula is C13H12ClNO2S. The Labute approximate surface area is 114 Å². The van der Waals surface area contributed by atoms with Crippen LogP contribution >= 0.6 is 22.9 Å². The summed E-state index contributed by atoms with van der Waals surface area (Å²) in [6.45, 7) is 2.20. The largest absolute Gasteiger partial charge is 0.465 e. The average molecular weight is 282 g/mol. The molecule has 0 aliphatic heterocycles. The summed E-state index contributed by atoms with van der Waals surface area (Å²) < 4.78 is 5.73. The van der Waals surface area contributed by atoms with E-state index < -0.39 is 0 Å². The maximum Gasteiger partial charge on any atom is 0.340 e. The van der Waals surface area contributed by atoms with Crippen LogP contribution in [0.25, 0.3) is 10.2 Å². The molecule has 94 valence electrons. The van der Waals surface area contributed by atoms with Gasteiger partial charge < -0.3 is 4.74 Å². The van der Waals surface area contributed by atoms with Crippen molar-refractivity contribution in [2.24, 2.45) is 0 Å². The normalized spacial score (nSPS) is 16.8. The van der Waals surface area contributed by atoms with Crippen molar-refractivity contribution < 1.29 is 9.53 Å². The predicted molar refractivity (Wildman–Crippen MR) is 72.6 cm³/mol. The van der Waals surface area contributed by atoms with Crippen LogP contribution in [0.2, 0.25) is 5.02 Å². The second-order valence-electron chi connectivity index (χ2n) is 4.87. The minimum atomic E-state index is -0.389. The van der Waals surface area contributed by atoms with Gasteiger partial charge in [-0.05, 0) is 25.0 Å². The number of hydrogen-bond acceptors (Lipinski definition) is 4. The van der Waals surface area contributed by atoms with E-state index in [1.165, 1.54) is 7.11 Å². The van der Waals surface area contributed by atoms with Gasteiger partial charge in [0.05, 0.1) is 27.9 Å². The number of ether oxygens (including phenoxy) is 1. The maximum atomic E-state index is 11.7. The molecule has 0 bridgehead atoms. The van der Waals surface area contributed by atoms with Crippen molar-refractivity contribution in [2.45, 2.75) is 25.2 Å². The van der Waals surface area contributed by atoms with Gasteiger partial charge in [-0.1, -0.05) is 18.5 Å². The second-order valence-corrected chi connectivity index (χ2v) is 6.34. The number of benzene rings is 1. The van der Waals surface area contributed by atoms with Gasteiger partial charge in [0.25, 0.3) is 0 Å². The predicted octanol–water partition coefficient (Wildman–Crippen LogP) is 3.79. The maximum absolute atomic E-state index is 11.7. The third-order valence-electron chi connectivity index (χ3n) is 3.38. The summed E-state index contributed by atoms with van der Waals surface area (Å²) >= 11 is 7.65. The monoisotopic (exact) mass is 281 g/mol. The van der Waals surface area contributed by atoms with E-state index >= 15 is 0 Å². The molecule has 0 amide bonds. The summed E-state index contributed by atoms with van der Waals surface area (Å²) in [7, 11) is 1.37. The van der Waals surface area contributed by atoms with Crippen molar-refractivity contribution >= 4 is 39.1 Å². The Morgan fingerprint density at radius 2 is 2.22 bits per heavy atom. The lowest BCUT2D eigenvalue weighted by Gasteiger charge is -2.01. The summed E-state index contributed by atoms with van der Waals surface area (Å²) in [5.74, 6) is -0.389. The third-order valence-corrected chi connectivity index (χ3v) is 4.91. The molecule has 18 heavy (non-hydrogen) atoms. The van der Waals surface area contributed by atoms with Gasteiger partial charge in [0, 0.05) is 10.4 Å². The highest BCUT2D eigenvalue weighted by atomic mass is 35.5. The van der Waals surface area contributed by atoms with E-state index in [0.29, 0.717) is 16.1 Å². The third kappa shape index (κ3) is 1.80. The highest BCUT2D eigenvalue weighted by molar-refractivity contribution is 7.18. The Morgan fingerprint density at radius 1 is 1.50 bits per heavy atom. The average Bonchev–Trinajstić information content (AvgIpc) is 2.94. The van der Waals surface area contributed by atoms with Crippen LogP contribution in [0.1, 0.15) is 35.1 Å². The number of methoxy groups -OCH3 is 1. The fraction of sp³-hybridized carbons (Fsp3) is 0.385. The molecule has 0 saturated heterocycles. The molecule has 1 fully saturated rings. The number of rotatable bonds is 2. The fourth-order valence-corrected chi connectivity index (χ4v) is 3.44. The van der Waals surface area contributed by atoms with Crippen molar-refractivity contribution in [3.63, 3.8) is 0 Å². The standard InChI is InChI=1S/C13H12ClNO2S/c1-13(3-4-13)12-15-10-8(11(16)17-2)5-7(14)6-9(10)18-12/h5-6H,3-4H2,1-2H3. The van der Waals surface area contributed by atoms with E-state index in [0.717, 1.165) is 22.5 Å². The van der Waals surface area contributed by atoms with Crippen molar-refractivity contribution in [1.29, 1.82) is 0 Å². The smallest absolute Gasteiger partial charge is 0.340 e. The number of fused-ring (bicyclic) bond motifs is 1. The Kier molecular flexibility index (Phi) is 2.61. The first-order valence-electron chi connectivity index (χ1n) is 5.72. The minimum Gasteiger partial charge on any atom is -0.465 e. The molecule has 1 aliphatic carbocycles. The molecule has 3 rings (SSSR count). The Bertz CT molecular complexity index is 646. The highest BCUT2D eigenvalue weighted by Crippen LogP contribution is 2.50. The molecule has 1 aromatic heterocycles. The van der Waals surface area contributed by atoms with Crippen LogP contribution in [0, 0.1) is 0 Å². The van der Waals surface area contributed by atoms with Gasteiger partial charge in [-0.15, -0.1) is 11.3 Å². The topological polar surface area (TPSA) is 39.2 Å². The lowest BCUT2D eigenvalue weighted by atomic mass is 10.1. The van der Waals surface area contributed by atoms with Gasteiger partial charge in [-0.25, -0.2) is 9.78 Å². The number of esters is 1. The quantitative estimate of drug-likeness (QED) is 0.786. The highest BCUT2D eigenvalue weighted by Gasteiger charge is 2.42. The van der Waals surface area contributed by atoms with Gasteiger partial charge in [0.2, 0.25) is 0 Å². The fourth-order valence-electron chi connectivity index (χ4n) is 1.92. The minimum absolute atomic E-state index is 0.198. The first-order valence-corrected chi connectivity index (χ1v) is 6.92. The molecule has 0 N–H and O–H groups in total. The van der Waals surface area contributed by atoms with Crippen LogP contribution in [0.4, 0.5) is 0 Å². The molecule has 0 unspecified atom stereocenters. The molecule has 0 spiro atoms. The molecule has 0 radical (unpaired) electrons. The number of nitrogens with zero attached hydrogens (tertiary/aromatic N) is 1. The van der Waals surface area contributed by atoms with Crippen LogP contribution in [0.15, 0.2) is 12.1 Å². The number of carbonyl (C=O) groups is 1. The SMILES string of the molecule is COC(=O)c1cc(Cl)cc2sc(C3(C)CC3)nc12. The Balaban J connectivity index is 2.22. The van der Waals surface area contributed by atoms with Crippen LogP contribution in [-0.2, 0) is 10.2 Å². The molecule has 1 aromatic carbocycles. The molecular weight excluding hydrogens is 270 g/mol. The van der Waals surface area contributed by atoms with E-state index in [2.05, 4.69) is 11.9 Å². The van der Waals surface area contributed by atoms with Crippen LogP contribution in [-0.4, -0.2) is 18.1 Å². The first kappa shape index (κ1) is 11.9. The van der Waals surface area contributed by atoms with Gasteiger partial charge >= 0.3 is 5.97 Å². The lowest BCUT2D eigenvalue weighted by Crippen LogP contribution is -2.03. The number of thiazole rings is 1. The Hall–Kier alpha value is -1.13. The van der Waals surface area contributed by atoms with E-state index in [9.17, 15) is 4.79 Å². The number of carbonyl (C=O) groups excluding carboxylic acids is 1. The van der Waals surface area contributed by atoms with E-state index in [1.54, 1.807) is 17.4 Å². The molecule has 2 aromatic rings. The molecule has 5 heteroatoms. The molecule has 3 nitrogen and oxygen atoms in total. The van der Waals surface area contributed by atoms with Crippen molar-refractivity contribution in [1.82, 2.24) is 4.98 Å². The first-order chi connectivity index (χ1) is 8.53. The summed E-state index contributed by atoms with van der Waals surface area (Å²) in [4.78, 5) is 16.4. The van der Waals surface area contributed by atoms with Crippen LogP contribution in [0.5, 0.6) is 0 Å². The van der Waals surface area contributed by atoms with Gasteiger partial charge in [-0.2, -0.15) is 0 Å². The molecule has 1 saturated carbocycles. The summed E-state index contributed by atoms with van der Waals surface area (Å²) in [6.07, 6.45) is 2.32. The zero-order valence-electron chi connectivity index (χ0n) is 10.1. The van der Waals surface area contributed by atoms with Crippen molar-refractivity contribution in [3.05, 3.63) is 27.7 Å². The molecule has 1 heterocycles. The molecule has 1 aliphatic rings. The van der Waals surface area contributed by atoms with Crippen LogP contribution < -0.4 is 0 Å². The number of halogens is 1. The lowest BCUT2D eigenvalue weighted by molar-refractivity contribution is 0.0603. The van der Waals surface area contributed by atoms with Crippen molar-refractivity contribution in [2.75, 3.05) is 7.11 Å². The second kappa shape index (κ2) is 3.93. The van der Waals surface area contributed by atoms with Gasteiger partial charge in [0.1, 0.15) is 0 Å². The summed E-state index contributed by atoms with van der Waals surface area (Å²) in [5, 5.41) is 1.63. The zero-order valence-corrected chi connectivity index (χ0v) is 11.7. The van der Waals surface area contributed by atoms with Crippen molar-refractivity contribution in [3.8, 4) is 0 Å².